The molecule has 0 saturated carbocycles. The number of nitrogens with zero attached hydrogens (tertiary/aromatic N) is 4. The van der Waals surface area contributed by atoms with Gasteiger partial charge < -0.3 is 9.13 Å². The van der Waals surface area contributed by atoms with E-state index >= 15 is 0 Å². The molecular formula is C22H19ClN4O2. The number of hydrogen-bond donors (Lipinski definition) is 0. The number of benzene rings is 1. The summed E-state index contributed by atoms with van der Waals surface area (Å²) in [5.41, 5.74) is 3.08. The van der Waals surface area contributed by atoms with Crippen LogP contribution in [0.4, 0.5) is 0 Å². The number of ketones is 1. The number of carbonyl (C=O) groups excluding carboxylic acids is 1. The molecule has 6 nitrogen and oxygen atoms in total. The molecule has 3 aromatic heterocycles. The average Bonchev–Trinajstić information content (AvgIpc) is 3.34. The van der Waals surface area contributed by atoms with E-state index in [1.165, 1.54) is 6.07 Å². The van der Waals surface area contributed by atoms with Crippen LogP contribution in [-0.4, -0.2) is 24.5 Å². The van der Waals surface area contributed by atoms with Gasteiger partial charge in [-0.3, -0.25) is 14.2 Å². The molecule has 0 saturated heterocycles. The normalized spacial score (nSPS) is 11.0. The summed E-state index contributed by atoms with van der Waals surface area (Å²) in [5.74, 6) is 0.0339. The van der Waals surface area contributed by atoms with Crippen LogP contribution in [0.1, 0.15) is 22.6 Å². The number of carbonyl (C=O) groups is 1. The van der Waals surface area contributed by atoms with Crippen LogP contribution in [-0.2, 0) is 13.5 Å². The van der Waals surface area contributed by atoms with Crippen molar-refractivity contribution in [2.75, 3.05) is 0 Å². The lowest BCUT2D eigenvalue weighted by Crippen LogP contribution is -2.15. The van der Waals surface area contributed by atoms with E-state index in [0.717, 1.165) is 17.1 Å². The molecule has 0 spiro atoms. The van der Waals surface area contributed by atoms with E-state index in [4.69, 9.17) is 11.6 Å². The van der Waals surface area contributed by atoms with E-state index in [2.05, 4.69) is 4.98 Å². The van der Waals surface area contributed by atoms with Gasteiger partial charge in [-0.15, -0.1) is 0 Å². The number of hydrogen-bond acceptors (Lipinski definition) is 3. The molecule has 4 aromatic rings. The maximum absolute atomic E-state index is 12.4. The van der Waals surface area contributed by atoms with Gasteiger partial charge in [0.1, 0.15) is 5.15 Å². The minimum atomic E-state index is -0.0747. The summed E-state index contributed by atoms with van der Waals surface area (Å²) in [5, 5.41) is 0.541. The van der Waals surface area contributed by atoms with Crippen LogP contribution in [0.15, 0.2) is 78.1 Å². The van der Waals surface area contributed by atoms with Gasteiger partial charge in [0.25, 0.3) is 5.56 Å². The topological polar surface area (TPSA) is 61.8 Å². The molecule has 0 N–H and O–H groups in total. The van der Waals surface area contributed by atoms with E-state index in [-0.39, 0.29) is 11.3 Å². The minimum Gasteiger partial charge on any atom is -0.332 e. The highest BCUT2D eigenvalue weighted by Crippen LogP contribution is 2.16. The van der Waals surface area contributed by atoms with Gasteiger partial charge in [0, 0.05) is 43.3 Å². The van der Waals surface area contributed by atoms with Gasteiger partial charge in [0.2, 0.25) is 0 Å². The largest absolute Gasteiger partial charge is 0.332 e. The fourth-order valence-electron chi connectivity index (χ4n) is 3.20. The van der Waals surface area contributed by atoms with Crippen LogP contribution in [0.25, 0.3) is 11.4 Å². The molecule has 0 radical (unpaired) electrons. The Bertz CT molecular complexity index is 1220. The highest BCUT2D eigenvalue weighted by Gasteiger charge is 2.12. The second kappa shape index (κ2) is 7.93. The van der Waals surface area contributed by atoms with E-state index in [0.29, 0.717) is 23.7 Å². The summed E-state index contributed by atoms with van der Waals surface area (Å²) in [6, 6.07) is 16.2. The Kier molecular flexibility index (Phi) is 5.18. The van der Waals surface area contributed by atoms with Crippen molar-refractivity contribution in [3.8, 4) is 11.4 Å². The van der Waals surface area contributed by atoms with Crippen LogP contribution in [0.3, 0.4) is 0 Å². The summed E-state index contributed by atoms with van der Waals surface area (Å²) in [6.45, 7) is 0. The van der Waals surface area contributed by atoms with E-state index in [9.17, 15) is 9.59 Å². The van der Waals surface area contributed by atoms with Crippen molar-refractivity contribution in [3.63, 3.8) is 0 Å². The Morgan fingerprint density at radius 2 is 1.79 bits per heavy atom. The number of pyridine rings is 1. The lowest BCUT2D eigenvalue weighted by molar-refractivity contribution is 0.0974. The van der Waals surface area contributed by atoms with Crippen molar-refractivity contribution in [3.05, 3.63) is 100 Å². The SMILES string of the molecule is Cn1c(Cl)ccc1C(=O)CCc1cn(-c2ccc(-n3ccccc3=O)cc2)cn1. The second-order valence-corrected chi connectivity index (χ2v) is 7.11. The van der Waals surface area contributed by atoms with Gasteiger partial charge in [-0.25, -0.2) is 4.98 Å². The zero-order valence-electron chi connectivity index (χ0n) is 15.8. The quantitative estimate of drug-likeness (QED) is 0.457. The summed E-state index contributed by atoms with van der Waals surface area (Å²) in [6.07, 6.45) is 6.29. The summed E-state index contributed by atoms with van der Waals surface area (Å²) in [7, 11) is 1.78. The molecule has 0 aliphatic carbocycles. The van der Waals surface area contributed by atoms with Crippen molar-refractivity contribution >= 4 is 17.4 Å². The van der Waals surface area contributed by atoms with Crippen LogP contribution in [0.5, 0.6) is 0 Å². The van der Waals surface area contributed by atoms with Crippen LogP contribution < -0.4 is 5.56 Å². The Hall–Kier alpha value is -3.38. The molecule has 0 aliphatic heterocycles. The first-order valence-electron chi connectivity index (χ1n) is 9.19. The average molecular weight is 407 g/mol. The van der Waals surface area contributed by atoms with Gasteiger partial charge in [-0.1, -0.05) is 17.7 Å². The number of aromatic nitrogens is 4. The van der Waals surface area contributed by atoms with E-state index < -0.39 is 0 Å². The molecule has 3 heterocycles. The fraction of sp³-hybridized carbons (Fsp3) is 0.136. The lowest BCUT2D eigenvalue weighted by atomic mass is 10.1. The predicted molar refractivity (Wildman–Crippen MR) is 112 cm³/mol. The number of imidazole rings is 1. The maximum Gasteiger partial charge on any atom is 0.255 e. The third kappa shape index (κ3) is 3.93. The Morgan fingerprint density at radius 1 is 1.03 bits per heavy atom. The molecule has 0 bridgehead atoms. The third-order valence-corrected chi connectivity index (χ3v) is 5.22. The molecule has 0 fully saturated rings. The molecule has 0 unspecified atom stereocenters. The predicted octanol–water partition coefficient (Wildman–Crippen LogP) is 3.83. The number of rotatable bonds is 6. The zero-order chi connectivity index (χ0) is 20.4. The molecule has 0 atom stereocenters. The highest BCUT2D eigenvalue weighted by atomic mass is 35.5. The zero-order valence-corrected chi connectivity index (χ0v) is 16.6. The van der Waals surface area contributed by atoms with Crippen LogP contribution in [0, 0.1) is 0 Å². The van der Waals surface area contributed by atoms with Gasteiger partial charge >= 0.3 is 0 Å². The van der Waals surface area contributed by atoms with Crippen molar-refractivity contribution in [1.82, 2.24) is 18.7 Å². The van der Waals surface area contributed by atoms with Crippen LogP contribution in [0.2, 0.25) is 5.15 Å². The molecule has 7 heteroatoms. The first kappa shape index (κ1) is 19.0. The van der Waals surface area contributed by atoms with Gasteiger partial charge in [0.05, 0.1) is 17.7 Å². The molecular weight excluding hydrogens is 388 g/mol. The first-order chi connectivity index (χ1) is 14.0. The number of Topliss-reactive ketones (excluding diaryl/α,β-unsaturated/α-hetero) is 1. The van der Waals surface area contributed by atoms with E-state index in [1.54, 1.807) is 46.9 Å². The second-order valence-electron chi connectivity index (χ2n) is 6.72. The summed E-state index contributed by atoms with van der Waals surface area (Å²) in [4.78, 5) is 28.7. The van der Waals surface area contributed by atoms with E-state index in [1.807, 2.05) is 41.1 Å². The monoisotopic (exact) mass is 406 g/mol. The maximum atomic E-state index is 12.4. The molecule has 0 amide bonds. The Balaban J connectivity index is 1.45. The third-order valence-electron chi connectivity index (χ3n) is 4.84. The Morgan fingerprint density at radius 3 is 2.48 bits per heavy atom. The Labute approximate surface area is 172 Å². The standard InChI is InChI=1S/C22H19ClN4O2/c1-25-19(10-12-21(25)23)20(28)11-5-16-14-26(15-24-16)17-6-8-18(9-7-17)27-13-3-2-4-22(27)29/h2-4,6-10,12-15H,5,11H2,1H3. The molecule has 146 valence electrons. The minimum absolute atomic E-state index is 0.0339. The smallest absolute Gasteiger partial charge is 0.255 e. The summed E-state index contributed by atoms with van der Waals surface area (Å²) >= 11 is 6.00. The van der Waals surface area contributed by atoms with Crippen molar-refractivity contribution < 1.29 is 4.79 Å². The van der Waals surface area contributed by atoms with Crippen molar-refractivity contribution in [2.45, 2.75) is 12.8 Å². The first-order valence-corrected chi connectivity index (χ1v) is 9.56. The molecule has 29 heavy (non-hydrogen) atoms. The van der Waals surface area contributed by atoms with Crippen molar-refractivity contribution in [2.24, 2.45) is 7.05 Å². The number of halogens is 1. The van der Waals surface area contributed by atoms with Crippen LogP contribution >= 0.6 is 11.6 Å². The molecule has 0 aliphatic rings. The lowest BCUT2D eigenvalue weighted by Gasteiger charge is -2.07. The number of aryl methyl sites for hydroxylation is 1. The van der Waals surface area contributed by atoms with Gasteiger partial charge in [-0.05, 0) is 48.9 Å². The summed E-state index contributed by atoms with van der Waals surface area (Å²) < 4.78 is 5.17. The van der Waals surface area contributed by atoms with Gasteiger partial charge in [-0.2, -0.15) is 0 Å². The fourth-order valence-corrected chi connectivity index (χ4v) is 3.35. The highest BCUT2D eigenvalue weighted by molar-refractivity contribution is 6.30. The van der Waals surface area contributed by atoms with Crippen molar-refractivity contribution in [1.29, 1.82) is 0 Å². The molecule has 1 aromatic carbocycles. The van der Waals surface area contributed by atoms with Gasteiger partial charge in [0.15, 0.2) is 5.78 Å². The molecule has 4 rings (SSSR count).